The van der Waals surface area contributed by atoms with E-state index in [4.69, 9.17) is 4.74 Å². The summed E-state index contributed by atoms with van der Waals surface area (Å²) in [6, 6.07) is 10.5. The highest BCUT2D eigenvalue weighted by Gasteiger charge is 2.32. The summed E-state index contributed by atoms with van der Waals surface area (Å²) in [4.78, 5) is 35.4. The number of hydrogen-bond acceptors (Lipinski definition) is 7. The Bertz CT molecular complexity index is 897. The second-order valence-corrected chi connectivity index (χ2v) is 6.35. The van der Waals surface area contributed by atoms with E-state index < -0.39 is 34.6 Å². The van der Waals surface area contributed by atoms with Gasteiger partial charge in [0.2, 0.25) is 5.75 Å². The number of esters is 1. The van der Waals surface area contributed by atoms with Crippen LogP contribution >= 0.6 is 0 Å². The van der Waals surface area contributed by atoms with Crippen molar-refractivity contribution in [3.8, 4) is 5.75 Å². The minimum atomic E-state index is -1.37. The Balaban J connectivity index is 2.38. The molecule has 29 heavy (non-hydrogen) atoms. The van der Waals surface area contributed by atoms with Gasteiger partial charge in [-0.3, -0.25) is 14.9 Å². The van der Waals surface area contributed by atoms with E-state index in [0.717, 1.165) is 12.7 Å². The van der Waals surface area contributed by atoms with Crippen LogP contribution in [0.25, 0.3) is 0 Å². The molecule has 9 heteroatoms. The lowest BCUT2D eigenvalue weighted by molar-refractivity contribution is -0.386. The van der Waals surface area contributed by atoms with Crippen LogP contribution in [-0.2, 0) is 16.1 Å². The van der Waals surface area contributed by atoms with Gasteiger partial charge in [0.15, 0.2) is 6.04 Å². The molecule has 154 valence electrons. The first-order valence-corrected chi connectivity index (χ1v) is 8.77. The van der Waals surface area contributed by atoms with E-state index in [1.165, 1.54) is 19.1 Å². The predicted molar refractivity (Wildman–Crippen MR) is 104 cm³/mol. The van der Waals surface area contributed by atoms with Crippen molar-refractivity contribution in [2.75, 3.05) is 7.11 Å². The van der Waals surface area contributed by atoms with E-state index in [9.17, 15) is 24.8 Å². The van der Waals surface area contributed by atoms with E-state index in [0.29, 0.717) is 5.56 Å². The summed E-state index contributed by atoms with van der Waals surface area (Å²) >= 11 is 0. The van der Waals surface area contributed by atoms with Crippen molar-refractivity contribution in [1.82, 2.24) is 5.32 Å². The maximum Gasteiger partial charge on any atom is 0.331 e. The first kappa shape index (κ1) is 21.8. The van der Waals surface area contributed by atoms with Crippen molar-refractivity contribution in [2.45, 2.75) is 32.6 Å². The van der Waals surface area contributed by atoms with Crippen LogP contribution in [-0.4, -0.2) is 41.2 Å². The Kier molecular flexibility index (Phi) is 7.27. The Morgan fingerprint density at radius 1 is 1.21 bits per heavy atom. The number of nitro benzene ring substituents is 1. The molecule has 2 aromatic carbocycles. The molecule has 2 atom stereocenters. The number of aryl methyl sites for hydroxylation is 1. The summed E-state index contributed by atoms with van der Waals surface area (Å²) in [7, 11) is 1.10. The highest BCUT2D eigenvalue weighted by atomic mass is 16.6. The average molecular weight is 402 g/mol. The summed E-state index contributed by atoms with van der Waals surface area (Å²) in [5.74, 6) is -1.82. The van der Waals surface area contributed by atoms with E-state index >= 15 is 0 Å². The maximum absolute atomic E-state index is 12.7. The summed E-state index contributed by atoms with van der Waals surface area (Å²) in [6.45, 7) is 2.99. The third-order valence-electron chi connectivity index (χ3n) is 4.21. The third-order valence-corrected chi connectivity index (χ3v) is 4.21. The summed E-state index contributed by atoms with van der Waals surface area (Å²) in [6.07, 6.45) is -1.26. The highest BCUT2D eigenvalue weighted by Crippen LogP contribution is 2.35. The van der Waals surface area contributed by atoms with Gasteiger partial charge >= 0.3 is 11.7 Å². The van der Waals surface area contributed by atoms with Gasteiger partial charge in [-0.25, -0.2) is 4.79 Å². The van der Waals surface area contributed by atoms with Crippen LogP contribution < -0.4 is 10.1 Å². The minimum absolute atomic E-state index is 0.0434. The fraction of sp³-hybridized carbons (Fsp3) is 0.300. The lowest BCUT2D eigenvalue weighted by Crippen LogP contribution is -2.48. The molecule has 2 unspecified atom stereocenters. The summed E-state index contributed by atoms with van der Waals surface area (Å²) in [5, 5.41) is 23.7. The molecule has 0 bridgehead atoms. The van der Waals surface area contributed by atoms with Crippen molar-refractivity contribution in [3.05, 3.63) is 69.3 Å². The van der Waals surface area contributed by atoms with Crippen LogP contribution in [0.1, 0.15) is 28.4 Å². The van der Waals surface area contributed by atoms with Gasteiger partial charge in [0.1, 0.15) is 12.2 Å². The summed E-state index contributed by atoms with van der Waals surface area (Å²) < 4.78 is 10.2. The van der Waals surface area contributed by atoms with E-state index in [-0.39, 0.29) is 17.9 Å². The van der Waals surface area contributed by atoms with Gasteiger partial charge < -0.3 is 19.9 Å². The Labute approximate surface area is 167 Å². The minimum Gasteiger partial charge on any atom is -0.482 e. The number of carbonyl (C=O) groups excluding carboxylic acids is 2. The number of nitro groups is 1. The van der Waals surface area contributed by atoms with Crippen molar-refractivity contribution in [2.24, 2.45) is 0 Å². The molecule has 0 radical (unpaired) electrons. The highest BCUT2D eigenvalue weighted by molar-refractivity contribution is 6.01. The molecule has 0 saturated heterocycles. The first-order valence-electron chi connectivity index (χ1n) is 8.77. The topological polar surface area (TPSA) is 128 Å². The molecule has 2 N–H and O–H groups in total. The smallest absolute Gasteiger partial charge is 0.331 e. The molecular formula is C20H22N2O7. The van der Waals surface area contributed by atoms with Crippen molar-refractivity contribution in [3.63, 3.8) is 0 Å². The zero-order valence-corrected chi connectivity index (χ0v) is 16.2. The average Bonchev–Trinajstić information content (AvgIpc) is 2.70. The number of benzene rings is 2. The zero-order valence-electron chi connectivity index (χ0n) is 16.2. The quantitative estimate of drug-likeness (QED) is 0.393. The SMILES string of the molecule is COC(=O)C(NC(=O)c1ccc(C)c(OCc2ccccc2)c1[N+](=O)[O-])C(C)O. The lowest BCUT2D eigenvalue weighted by atomic mass is 10.1. The number of nitrogens with zero attached hydrogens (tertiary/aromatic N) is 1. The Morgan fingerprint density at radius 2 is 1.86 bits per heavy atom. The van der Waals surface area contributed by atoms with Gasteiger partial charge in [-0.05, 0) is 31.0 Å². The van der Waals surface area contributed by atoms with Crippen molar-refractivity contribution in [1.29, 1.82) is 0 Å². The van der Waals surface area contributed by atoms with Gasteiger partial charge in [-0.15, -0.1) is 0 Å². The van der Waals surface area contributed by atoms with Crippen LogP contribution in [0, 0.1) is 17.0 Å². The second-order valence-electron chi connectivity index (χ2n) is 6.35. The number of ether oxygens (including phenoxy) is 2. The van der Waals surface area contributed by atoms with E-state index in [1.807, 2.05) is 18.2 Å². The van der Waals surface area contributed by atoms with Crippen LogP contribution in [0.4, 0.5) is 5.69 Å². The first-order chi connectivity index (χ1) is 13.8. The van der Waals surface area contributed by atoms with Gasteiger partial charge in [0.05, 0.1) is 18.1 Å². The molecule has 0 heterocycles. The molecule has 2 aromatic rings. The van der Waals surface area contributed by atoms with Gasteiger partial charge in [-0.1, -0.05) is 36.4 Å². The second kappa shape index (κ2) is 9.65. The number of hydrogen-bond donors (Lipinski definition) is 2. The fourth-order valence-electron chi connectivity index (χ4n) is 2.67. The van der Waals surface area contributed by atoms with Crippen molar-refractivity contribution >= 4 is 17.6 Å². The number of aliphatic hydroxyl groups excluding tert-OH is 1. The molecule has 0 aliphatic carbocycles. The van der Waals surface area contributed by atoms with Gasteiger partial charge in [0.25, 0.3) is 5.91 Å². The predicted octanol–water partition coefficient (Wildman–Crippen LogP) is 2.13. The standard InChI is InChI=1S/C20H22N2O7/c1-12-9-10-15(19(24)21-16(13(2)23)20(25)28-3)17(22(26)27)18(12)29-11-14-7-5-4-6-8-14/h4-10,13,16,23H,11H2,1-3H3,(H,21,24). The van der Waals surface area contributed by atoms with Crippen molar-refractivity contribution < 1.29 is 29.1 Å². The number of aliphatic hydroxyl groups is 1. The molecular weight excluding hydrogens is 380 g/mol. The molecule has 1 amide bonds. The fourth-order valence-corrected chi connectivity index (χ4v) is 2.67. The van der Waals surface area contributed by atoms with Gasteiger partial charge in [0, 0.05) is 0 Å². The number of carbonyl (C=O) groups is 2. The Hall–Kier alpha value is -3.46. The molecule has 9 nitrogen and oxygen atoms in total. The molecule has 0 aliphatic rings. The summed E-state index contributed by atoms with van der Waals surface area (Å²) in [5.41, 5.74) is 0.464. The monoisotopic (exact) mass is 402 g/mol. The molecule has 0 aromatic heterocycles. The number of nitrogens with one attached hydrogen (secondary N) is 1. The third kappa shape index (κ3) is 5.29. The van der Waals surface area contributed by atoms with Crippen LogP contribution in [0.3, 0.4) is 0 Å². The Morgan fingerprint density at radius 3 is 2.41 bits per heavy atom. The number of rotatable bonds is 8. The molecule has 0 aliphatic heterocycles. The van der Waals surface area contributed by atoms with Crippen LogP contribution in [0.15, 0.2) is 42.5 Å². The largest absolute Gasteiger partial charge is 0.482 e. The van der Waals surface area contributed by atoms with E-state index in [1.54, 1.807) is 19.1 Å². The van der Waals surface area contributed by atoms with Crippen LogP contribution in [0.2, 0.25) is 0 Å². The molecule has 2 rings (SSSR count). The van der Waals surface area contributed by atoms with Crippen LogP contribution in [0.5, 0.6) is 5.75 Å². The molecule has 0 saturated carbocycles. The number of amides is 1. The zero-order chi connectivity index (χ0) is 21.6. The maximum atomic E-state index is 12.7. The molecule has 0 fully saturated rings. The molecule has 0 spiro atoms. The number of methoxy groups -OCH3 is 1. The normalized spacial score (nSPS) is 12.6. The van der Waals surface area contributed by atoms with Gasteiger partial charge in [-0.2, -0.15) is 0 Å². The lowest BCUT2D eigenvalue weighted by Gasteiger charge is -2.19. The van der Waals surface area contributed by atoms with E-state index in [2.05, 4.69) is 10.1 Å².